The van der Waals surface area contributed by atoms with Gasteiger partial charge in [-0.15, -0.1) is 10.2 Å². The molecule has 0 amide bonds. The molecular weight excluding hydrogens is 196 g/mol. The largest absolute Gasteiger partial charge is 0.481 e. The van der Waals surface area contributed by atoms with Gasteiger partial charge in [-0.25, -0.2) is 0 Å². The molecule has 0 aliphatic carbocycles. The Kier molecular flexibility index (Phi) is 3.79. The normalized spacial score (nSPS) is 13.1. The molecule has 0 radical (unpaired) electrons. The van der Waals surface area contributed by atoms with E-state index in [0.717, 1.165) is 5.82 Å². The number of rotatable bonds is 5. The van der Waals surface area contributed by atoms with E-state index in [4.69, 9.17) is 5.11 Å². The molecule has 1 rings (SSSR count). The Hall–Kier alpha value is -1.43. The van der Waals surface area contributed by atoms with Gasteiger partial charge >= 0.3 is 5.97 Å². The molecule has 0 aliphatic heterocycles. The van der Waals surface area contributed by atoms with Crippen LogP contribution in [-0.2, 0) is 18.4 Å². The van der Waals surface area contributed by atoms with Crippen molar-refractivity contribution in [1.29, 1.82) is 0 Å². The van der Waals surface area contributed by atoms with Crippen LogP contribution in [0.4, 0.5) is 0 Å². The van der Waals surface area contributed by atoms with Gasteiger partial charge in [-0.1, -0.05) is 6.92 Å². The topological polar surface area (TPSA) is 71.2 Å². The van der Waals surface area contributed by atoms with Crippen molar-refractivity contribution in [2.45, 2.75) is 13.5 Å². The number of aryl methyl sites for hydroxylation is 1. The van der Waals surface area contributed by atoms with Gasteiger partial charge < -0.3 is 9.67 Å². The molecule has 0 saturated carbocycles. The van der Waals surface area contributed by atoms with Crippen LogP contribution in [-0.4, -0.2) is 44.3 Å². The van der Waals surface area contributed by atoms with Crippen molar-refractivity contribution in [3.63, 3.8) is 0 Å². The summed E-state index contributed by atoms with van der Waals surface area (Å²) in [5.74, 6) is -0.321. The quantitative estimate of drug-likeness (QED) is 0.742. The van der Waals surface area contributed by atoms with Gasteiger partial charge in [0.2, 0.25) is 0 Å². The summed E-state index contributed by atoms with van der Waals surface area (Å²) in [6.07, 6.45) is 1.63. The molecule has 0 fully saturated rings. The smallest absolute Gasteiger partial charge is 0.307 e. The molecular formula is C9H16N4O2. The molecule has 1 atom stereocenters. The lowest BCUT2D eigenvalue weighted by atomic mass is 10.2. The number of aromatic nitrogens is 3. The van der Waals surface area contributed by atoms with E-state index < -0.39 is 5.97 Å². The van der Waals surface area contributed by atoms with E-state index in [2.05, 4.69) is 10.2 Å². The van der Waals surface area contributed by atoms with E-state index >= 15 is 0 Å². The van der Waals surface area contributed by atoms with E-state index in [1.807, 2.05) is 23.6 Å². The highest BCUT2D eigenvalue weighted by molar-refractivity contribution is 5.69. The van der Waals surface area contributed by atoms with Crippen LogP contribution in [0.25, 0.3) is 0 Å². The van der Waals surface area contributed by atoms with E-state index in [0.29, 0.717) is 13.1 Å². The molecule has 6 heteroatoms. The average Bonchev–Trinajstić information content (AvgIpc) is 2.51. The highest BCUT2D eigenvalue weighted by Gasteiger charge is 2.14. The predicted molar refractivity (Wildman–Crippen MR) is 54.1 cm³/mol. The minimum Gasteiger partial charge on any atom is -0.481 e. The van der Waals surface area contributed by atoms with Crippen LogP contribution < -0.4 is 0 Å². The number of hydrogen-bond donors (Lipinski definition) is 1. The molecule has 6 nitrogen and oxygen atoms in total. The summed E-state index contributed by atoms with van der Waals surface area (Å²) in [6.45, 7) is 2.80. The molecule has 1 heterocycles. The van der Waals surface area contributed by atoms with Crippen LogP contribution in [0.15, 0.2) is 6.33 Å². The van der Waals surface area contributed by atoms with Gasteiger partial charge in [-0.3, -0.25) is 9.69 Å². The van der Waals surface area contributed by atoms with Crippen LogP contribution in [0.2, 0.25) is 0 Å². The fourth-order valence-electron chi connectivity index (χ4n) is 1.30. The molecule has 15 heavy (non-hydrogen) atoms. The number of nitrogens with zero attached hydrogens (tertiary/aromatic N) is 4. The number of aliphatic carboxylic acids is 1. The van der Waals surface area contributed by atoms with Gasteiger partial charge in [0.1, 0.15) is 12.2 Å². The summed E-state index contributed by atoms with van der Waals surface area (Å²) >= 11 is 0. The molecule has 0 saturated heterocycles. The molecule has 0 bridgehead atoms. The predicted octanol–water partition coefficient (Wildman–Crippen LogP) is -0.0324. The monoisotopic (exact) mass is 212 g/mol. The fraction of sp³-hybridized carbons (Fsp3) is 0.667. The van der Waals surface area contributed by atoms with Gasteiger partial charge in [-0.2, -0.15) is 0 Å². The van der Waals surface area contributed by atoms with E-state index in [1.54, 1.807) is 13.3 Å². The van der Waals surface area contributed by atoms with Crippen LogP contribution in [0.3, 0.4) is 0 Å². The zero-order valence-corrected chi connectivity index (χ0v) is 9.21. The van der Waals surface area contributed by atoms with Gasteiger partial charge in [-0.05, 0) is 7.05 Å². The van der Waals surface area contributed by atoms with Gasteiger partial charge in [0.05, 0.1) is 12.5 Å². The van der Waals surface area contributed by atoms with Crippen molar-refractivity contribution in [2.75, 3.05) is 13.6 Å². The first-order valence-corrected chi connectivity index (χ1v) is 4.75. The van der Waals surface area contributed by atoms with Crippen molar-refractivity contribution in [3.05, 3.63) is 12.2 Å². The third-order valence-corrected chi connectivity index (χ3v) is 2.22. The average molecular weight is 212 g/mol. The molecule has 0 spiro atoms. The minimum absolute atomic E-state index is 0.372. The minimum atomic E-state index is -0.778. The Labute approximate surface area is 88.5 Å². The summed E-state index contributed by atoms with van der Waals surface area (Å²) in [4.78, 5) is 12.6. The van der Waals surface area contributed by atoms with Gasteiger partial charge in [0, 0.05) is 13.6 Å². The highest BCUT2D eigenvalue weighted by atomic mass is 16.4. The number of hydrogen-bond acceptors (Lipinski definition) is 4. The standard InChI is InChI=1S/C9H16N4O2/c1-7(9(14)15)4-12(2)5-8-11-10-6-13(8)3/h6-7H,4-5H2,1-3H3,(H,14,15). The SMILES string of the molecule is CC(CN(C)Cc1nncn1C)C(=O)O. The molecule has 1 aromatic rings. The Morgan fingerprint density at radius 1 is 1.73 bits per heavy atom. The lowest BCUT2D eigenvalue weighted by Crippen LogP contribution is -2.29. The summed E-state index contributed by atoms with van der Waals surface area (Å²) in [6, 6.07) is 0. The van der Waals surface area contributed by atoms with Crippen LogP contribution in [0, 0.1) is 5.92 Å². The zero-order valence-electron chi connectivity index (χ0n) is 9.21. The maximum atomic E-state index is 10.6. The lowest BCUT2D eigenvalue weighted by Gasteiger charge is -2.17. The molecule has 84 valence electrons. The second kappa shape index (κ2) is 4.88. The second-order valence-corrected chi connectivity index (χ2v) is 3.79. The number of carbonyl (C=O) groups is 1. The third-order valence-electron chi connectivity index (χ3n) is 2.22. The molecule has 1 aromatic heterocycles. The van der Waals surface area contributed by atoms with Gasteiger partial charge in [0.25, 0.3) is 0 Å². The van der Waals surface area contributed by atoms with Crippen molar-refractivity contribution >= 4 is 5.97 Å². The van der Waals surface area contributed by atoms with Crippen LogP contribution in [0.1, 0.15) is 12.7 Å². The Bertz CT molecular complexity index is 337. The number of carboxylic acid groups (broad SMARTS) is 1. The summed E-state index contributed by atoms with van der Waals surface area (Å²) in [5, 5.41) is 16.4. The fourth-order valence-corrected chi connectivity index (χ4v) is 1.30. The van der Waals surface area contributed by atoms with E-state index in [9.17, 15) is 4.79 Å². The zero-order chi connectivity index (χ0) is 11.4. The van der Waals surface area contributed by atoms with Gasteiger partial charge in [0.15, 0.2) is 0 Å². The van der Waals surface area contributed by atoms with E-state index in [1.165, 1.54) is 0 Å². The lowest BCUT2D eigenvalue weighted by molar-refractivity contribution is -0.141. The van der Waals surface area contributed by atoms with Crippen molar-refractivity contribution in [2.24, 2.45) is 13.0 Å². The summed E-state index contributed by atoms with van der Waals surface area (Å²) in [5.41, 5.74) is 0. The highest BCUT2D eigenvalue weighted by Crippen LogP contribution is 2.02. The van der Waals surface area contributed by atoms with Crippen LogP contribution >= 0.6 is 0 Å². The third kappa shape index (κ3) is 3.32. The number of carboxylic acids is 1. The Balaban J connectivity index is 2.46. The summed E-state index contributed by atoms with van der Waals surface area (Å²) in [7, 11) is 3.73. The molecule has 0 aliphatic rings. The van der Waals surface area contributed by atoms with E-state index in [-0.39, 0.29) is 5.92 Å². The maximum absolute atomic E-state index is 10.6. The Morgan fingerprint density at radius 3 is 2.87 bits per heavy atom. The molecule has 1 unspecified atom stereocenters. The first-order chi connectivity index (χ1) is 7.00. The van der Waals surface area contributed by atoms with Crippen molar-refractivity contribution < 1.29 is 9.90 Å². The second-order valence-electron chi connectivity index (χ2n) is 3.79. The van der Waals surface area contributed by atoms with Crippen LogP contribution in [0.5, 0.6) is 0 Å². The van der Waals surface area contributed by atoms with Crippen molar-refractivity contribution in [1.82, 2.24) is 19.7 Å². The first-order valence-electron chi connectivity index (χ1n) is 4.75. The molecule has 0 aromatic carbocycles. The first kappa shape index (κ1) is 11.6. The maximum Gasteiger partial charge on any atom is 0.307 e. The molecule has 1 N–H and O–H groups in total. The van der Waals surface area contributed by atoms with Crippen molar-refractivity contribution in [3.8, 4) is 0 Å². The summed E-state index contributed by atoms with van der Waals surface area (Å²) < 4.78 is 1.82. The Morgan fingerprint density at radius 2 is 2.40 bits per heavy atom.